The van der Waals surface area contributed by atoms with E-state index in [0.29, 0.717) is 6.10 Å². The van der Waals surface area contributed by atoms with Gasteiger partial charge < -0.3 is 10.5 Å². The van der Waals surface area contributed by atoms with Gasteiger partial charge in [0.2, 0.25) is 0 Å². The summed E-state index contributed by atoms with van der Waals surface area (Å²) in [5, 5.41) is 0. The normalized spacial score (nSPS) is 24.8. The first kappa shape index (κ1) is 9.75. The molecule has 0 spiro atoms. The average molecular weight is 169 g/mol. The van der Waals surface area contributed by atoms with Crippen molar-refractivity contribution in [2.45, 2.75) is 38.7 Å². The van der Waals surface area contributed by atoms with Crippen LogP contribution in [-0.4, -0.2) is 19.3 Å². The molecule has 0 aromatic rings. The van der Waals surface area contributed by atoms with Crippen molar-refractivity contribution >= 4 is 0 Å². The van der Waals surface area contributed by atoms with Gasteiger partial charge in [-0.25, -0.2) is 0 Å². The van der Waals surface area contributed by atoms with Gasteiger partial charge in [-0.1, -0.05) is 11.6 Å². The third-order valence-corrected chi connectivity index (χ3v) is 2.23. The van der Waals surface area contributed by atoms with Gasteiger partial charge in [-0.05, 0) is 39.2 Å². The predicted molar refractivity (Wildman–Crippen MR) is 51.0 cm³/mol. The Morgan fingerprint density at radius 2 is 2.50 bits per heavy atom. The van der Waals surface area contributed by atoms with E-state index in [2.05, 4.69) is 13.0 Å². The first-order valence-electron chi connectivity index (χ1n) is 4.80. The maximum Gasteiger partial charge on any atom is 0.0612 e. The van der Waals surface area contributed by atoms with Crippen molar-refractivity contribution in [3.05, 3.63) is 11.6 Å². The number of nitrogens with two attached hydrogens (primary N) is 1. The molecule has 0 saturated carbocycles. The molecule has 1 aliphatic heterocycles. The number of ether oxygens (including phenoxy) is 1. The van der Waals surface area contributed by atoms with Gasteiger partial charge in [-0.15, -0.1) is 0 Å². The summed E-state index contributed by atoms with van der Waals surface area (Å²) in [5.74, 6) is 0. The highest BCUT2D eigenvalue weighted by Crippen LogP contribution is 2.19. The molecule has 0 aliphatic carbocycles. The van der Waals surface area contributed by atoms with E-state index in [9.17, 15) is 0 Å². The van der Waals surface area contributed by atoms with Gasteiger partial charge in [0.15, 0.2) is 0 Å². The van der Waals surface area contributed by atoms with Crippen LogP contribution in [0, 0.1) is 0 Å². The maximum absolute atomic E-state index is 5.53. The van der Waals surface area contributed by atoms with E-state index in [1.807, 2.05) is 0 Å². The number of rotatable bonds is 4. The van der Waals surface area contributed by atoms with Crippen LogP contribution in [0.5, 0.6) is 0 Å². The van der Waals surface area contributed by atoms with Gasteiger partial charge >= 0.3 is 0 Å². The van der Waals surface area contributed by atoms with E-state index in [0.717, 1.165) is 26.0 Å². The smallest absolute Gasteiger partial charge is 0.0612 e. The molecule has 2 heteroatoms. The van der Waals surface area contributed by atoms with E-state index >= 15 is 0 Å². The first-order valence-corrected chi connectivity index (χ1v) is 4.80. The fraction of sp³-hybridized carbons (Fsp3) is 0.800. The van der Waals surface area contributed by atoms with Crippen molar-refractivity contribution in [3.63, 3.8) is 0 Å². The van der Waals surface area contributed by atoms with Gasteiger partial charge in [0.05, 0.1) is 6.10 Å². The van der Waals surface area contributed by atoms with Crippen LogP contribution in [0.25, 0.3) is 0 Å². The topological polar surface area (TPSA) is 35.2 Å². The molecule has 2 N–H and O–H groups in total. The molecule has 0 aromatic heterocycles. The Bertz CT molecular complexity index is 148. The van der Waals surface area contributed by atoms with Crippen molar-refractivity contribution in [3.8, 4) is 0 Å². The Morgan fingerprint density at radius 3 is 3.08 bits per heavy atom. The van der Waals surface area contributed by atoms with Crippen LogP contribution in [0.4, 0.5) is 0 Å². The second kappa shape index (κ2) is 5.33. The second-order valence-corrected chi connectivity index (χ2v) is 3.47. The van der Waals surface area contributed by atoms with E-state index < -0.39 is 0 Å². The van der Waals surface area contributed by atoms with Crippen LogP contribution in [0.2, 0.25) is 0 Å². The Balaban J connectivity index is 2.19. The molecule has 1 aliphatic rings. The molecule has 1 unspecified atom stereocenters. The minimum Gasteiger partial charge on any atom is -0.378 e. The molecule has 0 amide bonds. The van der Waals surface area contributed by atoms with E-state index in [-0.39, 0.29) is 0 Å². The Labute approximate surface area is 74.8 Å². The molecule has 1 atom stereocenters. The molecule has 1 saturated heterocycles. The highest BCUT2D eigenvalue weighted by molar-refractivity contribution is 5.00. The van der Waals surface area contributed by atoms with E-state index in [4.69, 9.17) is 10.5 Å². The van der Waals surface area contributed by atoms with Gasteiger partial charge in [-0.2, -0.15) is 0 Å². The lowest BCUT2D eigenvalue weighted by atomic mass is 10.1. The van der Waals surface area contributed by atoms with E-state index in [1.54, 1.807) is 0 Å². The summed E-state index contributed by atoms with van der Waals surface area (Å²) < 4.78 is 5.53. The van der Waals surface area contributed by atoms with Crippen molar-refractivity contribution in [2.75, 3.05) is 13.2 Å². The molecule has 2 nitrogen and oxygen atoms in total. The summed E-state index contributed by atoms with van der Waals surface area (Å²) in [7, 11) is 0. The Morgan fingerprint density at radius 1 is 1.67 bits per heavy atom. The molecule has 0 bridgehead atoms. The lowest BCUT2D eigenvalue weighted by Gasteiger charge is -2.08. The summed E-state index contributed by atoms with van der Waals surface area (Å²) >= 11 is 0. The highest BCUT2D eigenvalue weighted by atomic mass is 16.5. The van der Waals surface area contributed by atoms with Crippen LogP contribution in [0.3, 0.4) is 0 Å². The van der Waals surface area contributed by atoms with Crippen LogP contribution < -0.4 is 5.73 Å². The average Bonchev–Trinajstić information content (AvgIpc) is 2.53. The quantitative estimate of drug-likeness (QED) is 0.652. The standard InChI is InChI=1S/C10H19NO/c1-9(4-2-6-11)8-10-5-3-7-12-10/h4,10H,2-3,5-8,11H2,1H3. The monoisotopic (exact) mass is 169 g/mol. The largest absolute Gasteiger partial charge is 0.378 e. The summed E-state index contributed by atoms with van der Waals surface area (Å²) in [6, 6.07) is 0. The third-order valence-electron chi connectivity index (χ3n) is 2.23. The zero-order valence-corrected chi connectivity index (χ0v) is 7.88. The zero-order valence-electron chi connectivity index (χ0n) is 7.88. The maximum atomic E-state index is 5.53. The van der Waals surface area contributed by atoms with Crippen LogP contribution in [-0.2, 0) is 4.74 Å². The summed E-state index contributed by atoms with van der Waals surface area (Å²) in [6.45, 7) is 3.87. The van der Waals surface area contributed by atoms with Gasteiger partial charge in [-0.3, -0.25) is 0 Å². The molecule has 12 heavy (non-hydrogen) atoms. The summed E-state index contributed by atoms with van der Waals surface area (Å²) in [4.78, 5) is 0. The predicted octanol–water partition coefficient (Wildman–Crippen LogP) is 1.85. The van der Waals surface area contributed by atoms with Gasteiger partial charge in [0.1, 0.15) is 0 Å². The minimum absolute atomic E-state index is 0.485. The highest BCUT2D eigenvalue weighted by Gasteiger charge is 2.14. The van der Waals surface area contributed by atoms with Gasteiger partial charge in [0.25, 0.3) is 0 Å². The van der Waals surface area contributed by atoms with Crippen molar-refractivity contribution in [1.29, 1.82) is 0 Å². The third kappa shape index (κ3) is 3.37. The molecular weight excluding hydrogens is 150 g/mol. The molecule has 1 fully saturated rings. The fourth-order valence-corrected chi connectivity index (χ4v) is 1.58. The second-order valence-electron chi connectivity index (χ2n) is 3.47. The molecular formula is C10H19NO. The Kier molecular flexibility index (Phi) is 4.33. The minimum atomic E-state index is 0.485. The number of hydrogen-bond donors (Lipinski definition) is 1. The zero-order chi connectivity index (χ0) is 8.81. The summed E-state index contributed by atoms with van der Waals surface area (Å²) in [5.41, 5.74) is 6.83. The van der Waals surface area contributed by atoms with Crippen molar-refractivity contribution in [2.24, 2.45) is 5.73 Å². The number of hydrogen-bond acceptors (Lipinski definition) is 2. The summed E-state index contributed by atoms with van der Waals surface area (Å²) in [6.07, 6.45) is 7.27. The Hall–Kier alpha value is -0.340. The molecule has 1 heterocycles. The van der Waals surface area contributed by atoms with Crippen LogP contribution >= 0.6 is 0 Å². The first-order chi connectivity index (χ1) is 5.83. The van der Waals surface area contributed by atoms with Crippen LogP contribution in [0.1, 0.15) is 32.6 Å². The fourth-order valence-electron chi connectivity index (χ4n) is 1.58. The lowest BCUT2D eigenvalue weighted by Crippen LogP contribution is -2.05. The molecule has 1 rings (SSSR count). The van der Waals surface area contributed by atoms with Crippen molar-refractivity contribution < 1.29 is 4.74 Å². The van der Waals surface area contributed by atoms with E-state index in [1.165, 1.54) is 18.4 Å². The molecule has 0 radical (unpaired) electrons. The molecule has 70 valence electrons. The molecule has 0 aromatic carbocycles. The van der Waals surface area contributed by atoms with Gasteiger partial charge in [0, 0.05) is 6.61 Å². The van der Waals surface area contributed by atoms with Crippen LogP contribution in [0.15, 0.2) is 11.6 Å². The SMILES string of the molecule is CC(=CCCN)CC1CCCO1. The lowest BCUT2D eigenvalue weighted by molar-refractivity contribution is 0.111. The van der Waals surface area contributed by atoms with Crippen molar-refractivity contribution in [1.82, 2.24) is 0 Å².